The van der Waals surface area contributed by atoms with E-state index in [0.717, 1.165) is 0 Å². The average molecular weight is 225 g/mol. The number of halogens is 4. The van der Waals surface area contributed by atoms with E-state index >= 15 is 0 Å². The van der Waals surface area contributed by atoms with Gasteiger partial charge in [0.15, 0.2) is 0 Å². The van der Waals surface area contributed by atoms with Gasteiger partial charge >= 0.3 is 12.3 Å². The molecule has 0 fully saturated rings. The summed E-state index contributed by atoms with van der Waals surface area (Å²) in [6, 6.07) is 0.518. The zero-order valence-corrected chi connectivity index (χ0v) is 6.92. The molecule has 1 rings (SSSR count). The zero-order valence-electron chi connectivity index (χ0n) is 6.92. The van der Waals surface area contributed by atoms with Gasteiger partial charge in [-0.2, -0.15) is 13.2 Å². The van der Waals surface area contributed by atoms with Crippen LogP contribution < -0.4 is 4.74 Å². The number of rotatable bonds is 3. The lowest BCUT2D eigenvalue weighted by atomic mass is 10.3. The Hall–Kier alpha value is -1.86. The second-order valence-corrected chi connectivity index (χ2v) is 2.37. The average Bonchev–Trinajstić information content (AvgIpc) is 1.99. The number of ether oxygens (including phenoxy) is 1. The summed E-state index contributed by atoms with van der Waals surface area (Å²) >= 11 is 0. The van der Waals surface area contributed by atoms with Crippen molar-refractivity contribution in [1.29, 1.82) is 0 Å². The fourth-order valence-electron chi connectivity index (χ4n) is 0.905. The first-order valence-electron chi connectivity index (χ1n) is 3.50. The fraction of sp³-hybridized carbons (Fsp3) is 0.143. The lowest BCUT2D eigenvalue weighted by Crippen LogP contribution is -2.06. The van der Waals surface area contributed by atoms with Crippen molar-refractivity contribution in [3.05, 3.63) is 33.9 Å². The van der Waals surface area contributed by atoms with Gasteiger partial charge in [-0.1, -0.05) is 0 Å². The van der Waals surface area contributed by atoms with Gasteiger partial charge in [0, 0.05) is 12.1 Å². The summed E-state index contributed by atoms with van der Waals surface area (Å²) in [5, 5.41) is 10.3. The predicted molar refractivity (Wildman–Crippen MR) is 39.6 cm³/mol. The summed E-state index contributed by atoms with van der Waals surface area (Å²) < 4.78 is 52.4. The number of alkyl halides is 2. The van der Waals surface area contributed by atoms with E-state index < -0.39 is 34.6 Å². The van der Waals surface area contributed by atoms with E-state index in [1.54, 1.807) is 0 Å². The van der Waals surface area contributed by atoms with Gasteiger partial charge < -0.3 is 4.74 Å². The van der Waals surface area contributed by atoms with E-state index in [0.29, 0.717) is 6.07 Å². The predicted octanol–water partition coefficient (Wildman–Crippen LogP) is 2.47. The maximum atomic E-state index is 12.8. The van der Waals surface area contributed by atoms with Crippen LogP contribution in [0.2, 0.25) is 0 Å². The van der Waals surface area contributed by atoms with Gasteiger partial charge in [0.05, 0.1) is 4.92 Å². The summed E-state index contributed by atoms with van der Waals surface area (Å²) in [6.07, 6.45) is 0. The Kier molecular flexibility index (Phi) is 3.08. The van der Waals surface area contributed by atoms with Crippen molar-refractivity contribution in [1.82, 2.24) is 0 Å². The number of nitro benzene ring substituents is 1. The van der Waals surface area contributed by atoms with Gasteiger partial charge in [-0.05, 0) is 0 Å². The first-order chi connectivity index (χ1) is 6.91. The maximum absolute atomic E-state index is 12.8. The molecule has 8 heteroatoms. The van der Waals surface area contributed by atoms with Crippen LogP contribution in [0.15, 0.2) is 12.1 Å². The van der Waals surface area contributed by atoms with Crippen LogP contribution in [-0.4, -0.2) is 11.5 Å². The molecule has 0 atom stereocenters. The van der Waals surface area contributed by atoms with Crippen molar-refractivity contribution in [3.63, 3.8) is 0 Å². The highest BCUT2D eigenvalue weighted by Crippen LogP contribution is 2.31. The summed E-state index contributed by atoms with van der Waals surface area (Å²) in [6.45, 7) is -3.40. The summed E-state index contributed by atoms with van der Waals surface area (Å²) in [7, 11) is 0. The normalized spacial score (nSPS) is 10.5. The smallest absolute Gasteiger partial charge is 0.387 e. The van der Waals surface area contributed by atoms with Gasteiger partial charge in [-0.15, -0.1) is 0 Å². The highest BCUT2D eigenvalue weighted by Gasteiger charge is 2.25. The topological polar surface area (TPSA) is 52.4 Å². The molecule has 0 bridgehead atoms. The molecule has 4 nitrogen and oxygen atoms in total. The first-order valence-corrected chi connectivity index (χ1v) is 3.50. The van der Waals surface area contributed by atoms with E-state index in [4.69, 9.17) is 0 Å². The minimum atomic E-state index is -3.40. The minimum Gasteiger partial charge on any atom is -0.427 e. The second-order valence-electron chi connectivity index (χ2n) is 2.37. The van der Waals surface area contributed by atoms with Crippen LogP contribution in [0.5, 0.6) is 5.75 Å². The monoisotopic (exact) mass is 225 g/mol. The Bertz CT molecular complexity index is 396. The molecule has 0 radical (unpaired) electrons. The maximum Gasteiger partial charge on any atom is 0.387 e. The van der Waals surface area contributed by atoms with Crippen LogP contribution >= 0.6 is 0 Å². The van der Waals surface area contributed by atoms with Crippen LogP contribution in [0.3, 0.4) is 0 Å². The summed E-state index contributed by atoms with van der Waals surface area (Å²) in [5.41, 5.74) is -1.32. The van der Waals surface area contributed by atoms with Crippen LogP contribution in [-0.2, 0) is 0 Å². The number of nitro groups is 1. The third kappa shape index (κ3) is 2.55. The molecular formula is C7H3F4NO3. The third-order valence-electron chi connectivity index (χ3n) is 1.39. The zero-order chi connectivity index (χ0) is 11.6. The van der Waals surface area contributed by atoms with Gasteiger partial charge in [0.1, 0.15) is 5.82 Å². The summed E-state index contributed by atoms with van der Waals surface area (Å²) in [4.78, 5) is 8.98. The Morgan fingerprint density at radius 1 is 1.33 bits per heavy atom. The number of hydrogen-bond acceptors (Lipinski definition) is 3. The molecule has 0 spiro atoms. The molecule has 82 valence electrons. The molecule has 0 aliphatic rings. The number of nitrogens with zero attached hydrogens (tertiary/aromatic N) is 1. The Morgan fingerprint density at radius 3 is 2.40 bits per heavy atom. The van der Waals surface area contributed by atoms with Crippen molar-refractivity contribution in [2.45, 2.75) is 6.61 Å². The largest absolute Gasteiger partial charge is 0.427 e. The molecule has 0 unspecified atom stereocenters. The van der Waals surface area contributed by atoms with Gasteiger partial charge in [-0.25, -0.2) is 4.39 Å². The van der Waals surface area contributed by atoms with E-state index in [1.165, 1.54) is 0 Å². The highest BCUT2D eigenvalue weighted by atomic mass is 19.3. The molecule has 0 saturated carbocycles. The quantitative estimate of drug-likeness (QED) is 0.451. The van der Waals surface area contributed by atoms with Crippen LogP contribution in [0.25, 0.3) is 0 Å². The SMILES string of the molecule is O=[N+]([O-])c1c(F)cc(F)cc1OC(F)F. The molecule has 0 aliphatic heterocycles. The lowest BCUT2D eigenvalue weighted by molar-refractivity contribution is -0.389. The Labute approximate surface area is 80.2 Å². The van der Waals surface area contributed by atoms with E-state index in [1.807, 2.05) is 0 Å². The van der Waals surface area contributed by atoms with E-state index in [2.05, 4.69) is 4.74 Å². The van der Waals surface area contributed by atoms with Crippen LogP contribution in [0.1, 0.15) is 0 Å². The molecule has 0 amide bonds. The summed E-state index contributed by atoms with van der Waals surface area (Å²) in [5.74, 6) is -3.96. The van der Waals surface area contributed by atoms with Crippen molar-refractivity contribution in [2.24, 2.45) is 0 Å². The van der Waals surface area contributed by atoms with Crippen molar-refractivity contribution in [2.75, 3.05) is 0 Å². The van der Waals surface area contributed by atoms with Gasteiger partial charge in [0.25, 0.3) is 0 Å². The number of benzene rings is 1. The second kappa shape index (κ2) is 4.11. The molecule has 0 heterocycles. The van der Waals surface area contributed by atoms with Crippen molar-refractivity contribution < 1.29 is 27.2 Å². The Morgan fingerprint density at radius 2 is 1.93 bits per heavy atom. The standard InChI is InChI=1S/C7H3F4NO3/c8-3-1-4(9)6(12(13)14)5(2-3)15-7(10)11/h1-2,7H. The molecule has 1 aromatic rings. The molecular weight excluding hydrogens is 222 g/mol. The van der Waals surface area contributed by atoms with Crippen LogP contribution in [0, 0.1) is 21.7 Å². The minimum absolute atomic E-state index is 0.205. The lowest BCUT2D eigenvalue weighted by Gasteiger charge is -2.05. The number of hydrogen-bond donors (Lipinski definition) is 0. The van der Waals surface area contributed by atoms with E-state index in [-0.39, 0.29) is 6.07 Å². The molecule has 0 saturated heterocycles. The fourth-order valence-corrected chi connectivity index (χ4v) is 0.905. The van der Waals surface area contributed by atoms with Crippen molar-refractivity contribution >= 4 is 5.69 Å². The third-order valence-corrected chi connectivity index (χ3v) is 1.39. The van der Waals surface area contributed by atoms with Crippen molar-refractivity contribution in [3.8, 4) is 5.75 Å². The molecule has 15 heavy (non-hydrogen) atoms. The Balaban J connectivity index is 3.27. The molecule has 0 N–H and O–H groups in total. The van der Waals surface area contributed by atoms with E-state index in [9.17, 15) is 27.7 Å². The first kappa shape index (κ1) is 11.2. The molecule has 0 aliphatic carbocycles. The van der Waals surface area contributed by atoms with Crippen LogP contribution in [0.4, 0.5) is 23.2 Å². The molecule has 0 aromatic heterocycles. The molecule has 1 aromatic carbocycles. The highest BCUT2D eigenvalue weighted by molar-refractivity contribution is 5.47. The van der Waals surface area contributed by atoms with Gasteiger partial charge in [-0.3, -0.25) is 10.1 Å². The van der Waals surface area contributed by atoms with Gasteiger partial charge in [0.2, 0.25) is 11.6 Å².